The fourth-order valence-corrected chi connectivity index (χ4v) is 2.11. The highest BCUT2D eigenvalue weighted by Crippen LogP contribution is 2.22. The van der Waals surface area contributed by atoms with E-state index in [4.69, 9.17) is 4.74 Å². The van der Waals surface area contributed by atoms with E-state index >= 15 is 0 Å². The number of aliphatic hydroxyl groups excluding tert-OH is 1. The highest BCUT2D eigenvalue weighted by molar-refractivity contribution is 5.38. The van der Waals surface area contributed by atoms with Gasteiger partial charge in [0.05, 0.1) is 12.7 Å². The Morgan fingerprint density at radius 1 is 1.42 bits per heavy atom. The second kappa shape index (κ2) is 6.01. The van der Waals surface area contributed by atoms with Crippen molar-refractivity contribution in [3.05, 3.63) is 0 Å². The first-order valence-electron chi connectivity index (χ1n) is 6.63. The third kappa shape index (κ3) is 3.23. The summed E-state index contributed by atoms with van der Waals surface area (Å²) in [4.78, 5) is 14.9. The van der Waals surface area contributed by atoms with Crippen LogP contribution in [-0.4, -0.2) is 52.9 Å². The molecule has 106 valence electrons. The Kier molecular flexibility index (Phi) is 4.36. The van der Waals surface area contributed by atoms with Crippen LogP contribution in [0.1, 0.15) is 20.3 Å². The number of hydrogen-bond acceptors (Lipinski definition) is 7. The van der Waals surface area contributed by atoms with E-state index in [-0.39, 0.29) is 12.0 Å². The van der Waals surface area contributed by atoms with Gasteiger partial charge in [-0.05, 0) is 19.3 Å². The number of piperidine rings is 1. The molecule has 2 N–H and O–H groups in total. The molecule has 7 heteroatoms. The summed E-state index contributed by atoms with van der Waals surface area (Å²) in [5.74, 6) is 1.30. The lowest BCUT2D eigenvalue weighted by Crippen LogP contribution is -2.42. The third-order valence-electron chi connectivity index (χ3n) is 3.24. The summed E-state index contributed by atoms with van der Waals surface area (Å²) in [6.07, 6.45) is 0.485. The summed E-state index contributed by atoms with van der Waals surface area (Å²) in [7, 11) is 1.76. The lowest BCUT2D eigenvalue weighted by atomic mass is 9.97. The molecule has 7 nitrogen and oxygen atoms in total. The molecule has 1 aromatic heterocycles. The first kappa shape index (κ1) is 13.8. The summed E-state index contributed by atoms with van der Waals surface area (Å²) < 4.78 is 5.35. The van der Waals surface area contributed by atoms with Crippen LogP contribution in [0.2, 0.25) is 0 Å². The standard InChI is InChI=1S/C12H21N5O2/c1-4-19-12-15-10(13-3)14-11(16-12)17-6-5-9(18)8(2)7-17/h8-9,18H,4-7H2,1-3H3,(H,13,14,15,16). The number of anilines is 2. The van der Waals surface area contributed by atoms with Crippen LogP contribution in [0.4, 0.5) is 11.9 Å². The zero-order chi connectivity index (χ0) is 13.8. The summed E-state index contributed by atoms with van der Waals surface area (Å²) in [5.41, 5.74) is 0. The van der Waals surface area contributed by atoms with E-state index in [0.29, 0.717) is 24.5 Å². The number of nitrogens with one attached hydrogen (secondary N) is 1. The first-order chi connectivity index (χ1) is 9.13. The lowest BCUT2D eigenvalue weighted by Gasteiger charge is -2.34. The Balaban J connectivity index is 2.20. The smallest absolute Gasteiger partial charge is 0.323 e. The minimum atomic E-state index is -0.242. The molecule has 1 fully saturated rings. The highest BCUT2D eigenvalue weighted by atomic mass is 16.5. The van der Waals surface area contributed by atoms with Gasteiger partial charge >= 0.3 is 6.01 Å². The van der Waals surface area contributed by atoms with E-state index in [1.165, 1.54) is 0 Å². The van der Waals surface area contributed by atoms with Crippen LogP contribution >= 0.6 is 0 Å². The van der Waals surface area contributed by atoms with Crippen molar-refractivity contribution in [2.24, 2.45) is 5.92 Å². The Morgan fingerprint density at radius 3 is 2.84 bits per heavy atom. The number of ether oxygens (including phenoxy) is 1. The largest absolute Gasteiger partial charge is 0.464 e. The summed E-state index contributed by atoms with van der Waals surface area (Å²) in [6.45, 7) is 5.91. The Labute approximate surface area is 113 Å². The van der Waals surface area contributed by atoms with E-state index in [1.54, 1.807) is 7.05 Å². The van der Waals surface area contributed by atoms with E-state index in [9.17, 15) is 5.11 Å². The van der Waals surface area contributed by atoms with Gasteiger partial charge in [-0.25, -0.2) is 0 Å². The third-order valence-corrected chi connectivity index (χ3v) is 3.24. The van der Waals surface area contributed by atoms with Crippen molar-refractivity contribution in [1.82, 2.24) is 15.0 Å². The molecule has 0 spiro atoms. The molecule has 1 aliphatic rings. The molecule has 1 saturated heterocycles. The zero-order valence-corrected chi connectivity index (χ0v) is 11.6. The van der Waals surface area contributed by atoms with Crippen LogP contribution in [0.15, 0.2) is 0 Å². The van der Waals surface area contributed by atoms with Gasteiger partial charge in [0, 0.05) is 20.1 Å². The average molecular weight is 267 g/mol. The van der Waals surface area contributed by atoms with E-state index < -0.39 is 0 Å². The predicted molar refractivity (Wildman–Crippen MR) is 72.5 cm³/mol. The fourth-order valence-electron chi connectivity index (χ4n) is 2.11. The summed E-state index contributed by atoms with van der Waals surface area (Å²) in [5, 5.41) is 12.7. The highest BCUT2D eigenvalue weighted by Gasteiger charge is 2.26. The molecule has 0 saturated carbocycles. The van der Waals surface area contributed by atoms with E-state index in [2.05, 4.69) is 25.2 Å². The number of hydrogen-bond donors (Lipinski definition) is 2. The molecule has 19 heavy (non-hydrogen) atoms. The molecule has 0 amide bonds. The van der Waals surface area contributed by atoms with Gasteiger partial charge in [0.15, 0.2) is 0 Å². The molecule has 2 heterocycles. The number of rotatable bonds is 4. The van der Waals surface area contributed by atoms with Crippen molar-refractivity contribution < 1.29 is 9.84 Å². The van der Waals surface area contributed by atoms with Crippen molar-refractivity contribution in [1.29, 1.82) is 0 Å². The van der Waals surface area contributed by atoms with Gasteiger partial charge < -0.3 is 20.1 Å². The molecule has 0 aliphatic carbocycles. The van der Waals surface area contributed by atoms with Gasteiger partial charge in [0.25, 0.3) is 0 Å². The quantitative estimate of drug-likeness (QED) is 0.822. The zero-order valence-electron chi connectivity index (χ0n) is 11.6. The Bertz CT molecular complexity index is 429. The topological polar surface area (TPSA) is 83.4 Å². The van der Waals surface area contributed by atoms with Crippen LogP contribution in [-0.2, 0) is 0 Å². The second-order valence-corrected chi connectivity index (χ2v) is 4.70. The van der Waals surface area contributed by atoms with Gasteiger partial charge in [0.2, 0.25) is 11.9 Å². The molecule has 2 atom stereocenters. The normalized spacial score (nSPS) is 23.3. The maximum absolute atomic E-state index is 9.77. The Morgan fingerprint density at radius 2 is 2.21 bits per heavy atom. The predicted octanol–water partition coefficient (Wildman–Crippen LogP) is 0.519. The van der Waals surface area contributed by atoms with Crippen molar-refractivity contribution >= 4 is 11.9 Å². The molecule has 1 aromatic rings. The lowest BCUT2D eigenvalue weighted by molar-refractivity contribution is 0.0966. The molecule has 0 bridgehead atoms. The minimum Gasteiger partial charge on any atom is -0.464 e. The maximum Gasteiger partial charge on any atom is 0.323 e. The van der Waals surface area contributed by atoms with Gasteiger partial charge in [-0.2, -0.15) is 15.0 Å². The minimum absolute atomic E-state index is 0.207. The molecular weight excluding hydrogens is 246 g/mol. The maximum atomic E-state index is 9.77. The summed E-state index contributed by atoms with van der Waals surface area (Å²) in [6, 6.07) is 0.329. The van der Waals surface area contributed by atoms with Crippen LogP contribution in [0.5, 0.6) is 6.01 Å². The fraction of sp³-hybridized carbons (Fsp3) is 0.750. The van der Waals surface area contributed by atoms with E-state index in [1.807, 2.05) is 13.8 Å². The van der Waals surface area contributed by atoms with Crippen LogP contribution in [0.25, 0.3) is 0 Å². The van der Waals surface area contributed by atoms with Gasteiger partial charge in [-0.15, -0.1) is 0 Å². The molecule has 1 aliphatic heterocycles. The second-order valence-electron chi connectivity index (χ2n) is 4.70. The van der Waals surface area contributed by atoms with Gasteiger partial charge in [-0.3, -0.25) is 0 Å². The molecule has 2 unspecified atom stereocenters. The van der Waals surface area contributed by atoms with Crippen molar-refractivity contribution in [2.75, 3.05) is 37.0 Å². The van der Waals surface area contributed by atoms with Crippen LogP contribution in [0.3, 0.4) is 0 Å². The Hall–Kier alpha value is -1.63. The summed E-state index contributed by atoms with van der Waals surface area (Å²) >= 11 is 0. The van der Waals surface area contributed by atoms with Gasteiger partial charge in [-0.1, -0.05) is 6.92 Å². The first-order valence-corrected chi connectivity index (χ1v) is 6.63. The van der Waals surface area contributed by atoms with E-state index in [0.717, 1.165) is 19.5 Å². The van der Waals surface area contributed by atoms with Crippen molar-refractivity contribution in [3.8, 4) is 6.01 Å². The molecule has 0 aromatic carbocycles. The van der Waals surface area contributed by atoms with Crippen LogP contribution in [0, 0.1) is 5.92 Å². The number of nitrogens with zero attached hydrogens (tertiary/aromatic N) is 4. The number of aromatic nitrogens is 3. The van der Waals surface area contributed by atoms with Crippen LogP contribution < -0.4 is 15.0 Å². The molecule has 0 radical (unpaired) electrons. The molecular formula is C12H21N5O2. The average Bonchev–Trinajstić information content (AvgIpc) is 2.42. The monoisotopic (exact) mass is 267 g/mol. The number of aliphatic hydroxyl groups is 1. The molecule has 2 rings (SSSR count). The van der Waals surface area contributed by atoms with Gasteiger partial charge in [0.1, 0.15) is 0 Å². The van der Waals surface area contributed by atoms with Crippen molar-refractivity contribution in [3.63, 3.8) is 0 Å². The SMILES string of the molecule is CCOc1nc(NC)nc(N2CCC(O)C(C)C2)n1. The van der Waals surface area contributed by atoms with Crippen molar-refractivity contribution in [2.45, 2.75) is 26.4 Å².